The number of amides is 1. The number of fused-ring (bicyclic) bond motifs is 1. The molecule has 0 fully saturated rings. The zero-order valence-corrected chi connectivity index (χ0v) is 18.2. The van der Waals surface area contributed by atoms with Crippen LogP contribution in [-0.2, 0) is 17.8 Å². The minimum atomic E-state index is -0.320. The van der Waals surface area contributed by atoms with Gasteiger partial charge >= 0.3 is 0 Å². The molecule has 6 nitrogen and oxygen atoms in total. The summed E-state index contributed by atoms with van der Waals surface area (Å²) in [6, 6.07) is 15.4. The highest BCUT2D eigenvalue weighted by Gasteiger charge is 2.15. The van der Waals surface area contributed by atoms with Gasteiger partial charge in [-0.1, -0.05) is 43.3 Å². The molecule has 7 heteroatoms. The van der Waals surface area contributed by atoms with Crippen molar-refractivity contribution in [3.05, 3.63) is 76.2 Å². The first-order valence-electron chi connectivity index (χ1n) is 10.2. The third kappa shape index (κ3) is 4.36. The number of hydrogen-bond acceptors (Lipinski definition) is 5. The largest absolute Gasteiger partial charge is 0.492 e. The Kier molecular flexibility index (Phi) is 6.13. The topological polar surface area (TPSA) is 73.2 Å². The van der Waals surface area contributed by atoms with E-state index < -0.39 is 0 Å². The molecule has 0 radical (unpaired) electrons. The lowest BCUT2D eigenvalue weighted by Crippen LogP contribution is -2.28. The summed E-state index contributed by atoms with van der Waals surface area (Å²) in [7, 11) is 0. The molecule has 4 rings (SSSR count). The van der Waals surface area contributed by atoms with Gasteiger partial charge in [-0.2, -0.15) is 0 Å². The van der Waals surface area contributed by atoms with Gasteiger partial charge in [0.15, 0.2) is 0 Å². The van der Waals surface area contributed by atoms with Gasteiger partial charge < -0.3 is 10.1 Å². The summed E-state index contributed by atoms with van der Waals surface area (Å²) in [4.78, 5) is 30.9. The number of aryl methyl sites for hydroxylation is 1. The number of nitrogens with one attached hydrogen (secondary N) is 1. The molecule has 0 aliphatic rings. The summed E-state index contributed by atoms with van der Waals surface area (Å²) in [6.07, 6.45) is 2.39. The molecule has 158 valence electrons. The second-order valence-corrected chi connectivity index (χ2v) is 7.89. The molecular formula is C24H23N3O3S. The Morgan fingerprint density at radius 2 is 1.90 bits per heavy atom. The predicted molar refractivity (Wildman–Crippen MR) is 125 cm³/mol. The van der Waals surface area contributed by atoms with Crippen molar-refractivity contribution >= 4 is 33.1 Å². The molecule has 0 bridgehead atoms. The summed E-state index contributed by atoms with van der Waals surface area (Å²) in [5.74, 6) is 0.273. The molecular weight excluding hydrogens is 410 g/mol. The maximum absolute atomic E-state index is 13.2. The van der Waals surface area contributed by atoms with Crippen molar-refractivity contribution in [3.8, 4) is 16.9 Å². The minimum Gasteiger partial charge on any atom is -0.492 e. The quantitative estimate of drug-likeness (QED) is 0.458. The Hall–Kier alpha value is -3.45. The van der Waals surface area contributed by atoms with Crippen LogP contribution in [0.25, 0.3) is 21.3 Å². The average Bonchev–Trinajstić information content (AvgIpc) is 3.22. The number of carbonyl (C=O) groups excluding carboxylic acids is 1. The van der Waals surface area contributed by atoms with E-state index in [0.29, 0.717) is 28.3 Å². The first kappa shape index (κ1) is 20.8. The predicted octanol–water partition coefficient (Wildman–Crippen LogP) is 4.72. The normalized spacial score (nSPS) is 10.9. The lowest BCUT2D eigenvalue weighted by atomic mass is 10.0. The van der Waals surface area contributed by atoms with Crippen LogP contribution in [-0.4, -0.2) is 22.1 Å². The molecule has 2 aromatic carbocycles. The Bertz CT molecular complexity index is 1280. The summed E-state index contributed by atoms with van der Waals surface area (Å²) in [6.45, 7) is 4.35. The fourth-order valence-corrected chi connectivity index (χ4v) is 4.31. The Balaban J connectivity index is 1.62. The number of anilines is 1. The van der Waals surface area contributed by atoms with Crippen LogP contribution in [0.2, 0.25) is 0 Å². The van der Waals surface area contributed by atoms with E-state index in [0.717, 1.165) is 17.5 Å². The molecule has 4 aromatic rings. The van der Waals surface area contributed by atoms with Crippen molar-refractivity contribution < 1.29 is 9.53 Å². The highest BCUT2D eigenvalue weighted by Crippen LogP contribution is 2.31. The van der Waals surface area contributed by atoms with Crippen molar-refractivity contribution in [3.63, 3.8) is 0 Å². The van der Waals surface area contributed by atoms with Gasteiger partial charge in [0.05, 0.1) is 24.0 Å². The van der Waals surface area contributed by atoms with Crippen molar-refractivity contribution in [1.82, 2.24) is 9.55 Å². The van der Waals surface area contributed by atoms with E-state index in [4.69, 9.17) is 4.74 Å². The number of thiophene rings is 1. The molecule has 0 aliphatic heterocycles. The Morgan fingerprint density at radius 1 is 1.13 bits per heavy atom. The Labute approximate surface area is 184 Å². The van der Waals surface area contributed by atoms with E-state index in [-0.39, 0.29) is 18.0 Å². The van der Waals surface area contributed by atoms with Crippen LogP contribution in [0.15, 0.2) is 65.0 Å². The van der Waals surface area contributed by atoms with E-state index in [1.54, 1.807) is 12.1 Å². The van der Waals surface area contributed by atoms with E-state index in [1.165, 1.54) is 27.8 Å². The van der Waals surface area contributed by atoms with Gasteiger partial charge in [0.25, 0.3) is 5.56 Å². The van der Waals surface area contributed by atoms with Crippen LogP contribution in [0, 0.1) is 0 Å². The highest BCUT2D eigenvalue weighted by atomic mass is 32.1. The summed E-state index contributed by atoms with van der Waals surface area (Å²) >= 11 is 1.43. The summed E-state index contributed by atoms with van der Waals surface area (Å²) in [5.41, 5.74) is 3.40. The average molecular weight is 434 g/mol. The van der Waals surface area contributed by atoms with Gasteiger partial charge in [-0.05, 0) is 36.6 Å². The lowest BCUT2D eigenvalue weighted by Gasteiger charge is -2.12. The second-order valence-electron chi connectivity index (χ2n) is 7.03. The summed E-state index contributed by atoms with van der Waals surface area (Å²) in [5, 5.41) is 5.31. The summed E-state index contributed by atoms with van der Waals surface area (Å²) < 4.78 is 6.89. The third-order valence-electron chi connectivity index (χ3n) is 5.01. The number of benzene rings is 2. The molecule has 0 spiro atoms. The van der Waals surface area contributed by atoms with Crippen LogP contribution in [0.5, 0.6) is 5.75 Å². The number of rotatable bonds is 7. The van der Waals surface area contributed by atoms with Crippen LogP contribution >= 0.6 is 11.3 Å². The number of nitrogens with zero attached hydrogens (tertiary/aromatic N) is 2. The molecule has 2 heterocycles. The molecule has 0 aliphatic carbocycles. The SMILES string of the molecule is CCOc1ccccc1NC(=O)Cn1cnc2scc(-c3ccc(CC)cc3)c2c1=O. The molecule has 0 saturated carbocycles. The molecule has 0 saturated heterocycles. The zero-order chi connectivity index (χ0) is 21.8. The molecule has 31 heavy (non-hydrogen) atoms. The molecule has 2 aromatic heterocycles. The van der Waals surface area contributed by atoms with Gasteiger partial charge in [0.2, 0.25) is 5.91 Å². The number of hydrogen-bond donors (Lipinski definition) is 1. The smallest absolute Gasteiger partial charge is 0.263 e. The second kappa shape index (κ2) is 9.14. The Morgan fingerprint density at radius 3 is 2.65 bits per heavy atom. The maximum atomic E-state index is 13.2. The van der Waals surface area contributed by atoms with E-state index >= 15 is 0 Å². The monoisotopic (exact) mass is 433 g/mol. The van der Waals surface area contributed by atoms with Crippen LogP contribution in [0.1, 0.15) is 19.4 Å². The van der Waals surface area contributed by atoms with Gasteiger partial charge in [0.1, 0.15) is 17.1 Å². The van der Waals surface area contributed by atoms with E-state index in [2.05, 4.69) is 29.4 Å². The van der Waals surface area contributed by atoms with Gasteiger partial charge in [-0.25, -0.2) is 4.98 Å². The first-order valence-corrected chi connectivity index (χ1v) is 11.1. The zero-order valence-electron chi connectivity index (χ0n) is 17.4. The molecule has 1 amide bonds. The lowest BCUT2D eigenvalue weighted by molar-refractivity contribution is -0.116. The highest BCUT2D eigenvalue weighted by molar-refractivity contribution is 7.17. The fraction of sp³-hybridized carbons (Fsp3) is 0.208. The fourth-order valence-electron chi connectivity index (χ4n) is 3.41. The standard InChI is InChI=1S/C24H23N3O3S/c1-3-16-9-11-17(12-10-16)18-14-31-23-22(18)24(29)27(15-25-23)13-21(28)26-19-7-5-6-8-20(19)30-4-2/h5-12,14-15H,3-4,13H2,1-2H3,(H,26,28). The van der Waals surface area contributed by atoms with Gasteiger partial charge in [-0.3, -0.25) is 14.2 Å². The number of ether oxygens (including phenoxy) is 1. The van der Waals surface area contributed by atoms with Crippen LogP contribution in [0.4, 0.5) is 5.69 Å². The third-order valence-corrected chi connectivity index (χ3v) is 5.90. The molecule has 1 N–H and O–H groups in total. The maximum Gasteiger partial charge on any atom is 0.263 e. The minimum absolute atomic E-state index is 0.133. The van der Waals surface area contributed by atoms with E-state index in [1.807, 2.05) is 36.6 Å². The molecule has 0 unspecified atom stereocenters. The molecule has 0 atom stereocenters. The van der Waals surface area contributed by atoms with Crippen molar-refractivity contribution in [2.24, 2.45) is 0 Å². The van der Waals surface area contributed by atoms with Gasteiger partial charge in [-0.15, -0.1) is 11.3 Å². The van der Waals surface area contributed by atoms with Crippen molar-refractivity contribution in [1.29, 1.82) is 0 Å². The number of aromatic nitrogens is 2. The number of carbonyl (C=O) groups is 1. The first-order chi connectivity index (χ1) is 15.1. The number of para-hydroxylation sites is 2. The van der Waals surface area contributed by atoms with Crippen molar-refractivity contribution in [2.75, 3.05) is 11.9 Å². The van der Waals surface area contributed by atoms with E-state index in [9.17, 15) is 9.59 Å². The van der Waals surface area contributed by atoms with Gasteiger partial charge in [0, 0.05) is 10.9 Å². The van der Waals surface area contributed by atoms with Crippen LogP contribution in [0.3, 0.4) is 0 Å². The van der Waals surface area contributed by atoms with Crippen molar-refractivity contribution in [2.45, 2.75) is 26.8 Å². The van der Waals surface area contributed by atoms with Crippen LogP contribution < -0.4 is 15.6 Å².